The van der Waals surface area contributed by atoms with Crippen molar-refractivity contribution >= 4 is 39.1 Å². The molecule has 9 nitrogen and oxygen atoms in total. The Morgan fingerprint density at radius 2 is 1.78 bits per heavy atom. The maximum Gasteiger partial charge on any atom is 0.337 e. The molecule has 0 bridgehead atoms. The molecule has 37 heavy (non-hydrogen) atoms. The van der Waals surface area contributed by atoms with Gasteiger partial charge in [0.25, 0.3) is 5.56 Å². The highest BCUT2D eigenvalue weighted by Crippen LogP contribution is 2.33. The highest BCUT2D eigenvalue weighted by molar-refractivity contribution is 7.18. The van der Waals surface area contributed by atoms with E-state index < -0.39 is 23.0 Å². The molecule has 3 heterocycles. The molecule has 11 heteroatoms. The molecular weight excluding hydrogens is 499 g/mol. The van der Waals surface area contributed by atoms with E-state index in [1.807, 2.05) is 0 Å². The van der Waals surface area contributed by atoms with Gasteiger partial charge >= 0.3 is 5.69 Å². The van der Waals surface area contributed by atoms with Crippen LogP contribution in [0.5, 0.6) is 5.75 Å². The van der Waals surface area contributed by atoms with E-state index in [0.29, 0.717) is 41.2 Å². The van der Waals surface area contributed by atoms with Crippen LogP contribution >= 0.6 is 11.3 Å². The van der Waals surface area contributed by atoms with Crippen molar-refractivity contribution in [1.29, 1.82) is 0 Å². The van der Waals surface area contributed by atoms with Crippen LogP contribution in [0.4, 0.5) is 10.1 Å². The number of methoxy groups -OCH3 is 1. The Hall–Kier alpha value is -4.25. The maximum absolute atomic E-state index is 13.6. The predicted molar refractivity (Wildman–Crippen MR) is 138 cm³/mol. The summed E-state index contributed by atoms with van der Waals surface area (Å²) in [4.78, 5) is 55.1. The van der Waals surface area contributed by atoms with Gasteiger partial charge in [-0.2, -0.15) is 0 Å². The minimum Gasteiger partial charge on any atom is -0.497 e. The lowest BCUT2D eigenvalue weighted by Crippen LogP contribution is -2.41. The van der Waals surface area contributed by atoms with Gasteiger partial charge < -0.3 is 15.0 Å². The first kappa shape index (κ1) is 24.4. The van der Waals surface area contributed by atoms with Crippen LogP contribution in [-0.2, 0) is 29.1 Å². The van der Waals surface area contributed by atoms with Gasteiger partial charge in [-0.15, -0.1) is 11.3 Å². The fourth-order valence-electron chi connectivity index (χ4n) is 4.45. The first-order chi connectivity index (χ1) is 17.8. The number of hydrogen-bond acceptors (Lipinski definition) is 6. The molecular formula is C26H23FN4O5S. The first-order valence-corrected chi connectivity index (χ1v) is 12.3. The molecule has 2 aromatic carbocycles. The highest BCUT2D eigenvalue weighted by atomic mass is 32.1. The van der Waals surface area contributed by atoms with Crippen molar-refractivity contribution in [3.05, 3.63) is 85.6 Å². The average molecular weight is 523 g/mol. The van der Waals surface area contributed by atoms with Crippen molar-refractivity contribution in [3.8, 4) is 11.4 Å². The van der Waals surface area contributed by atoms with E-state index in [0.717, 1.165) is 15.0 Å². The quantitative estimate of drug-likeness (QED) is 0.434. The van der Waals surface area contributed by atoms with E-state index in [-0.39, 0.29) is 18.1 Å². The summed E-state index contributed by atoms with van der Waals surface area (Å²) < 4.78 is 20.9. The normalized spacial score (nSPS) is 12.9. The van der Waals surface area contributed by atoms with Gasteiger partial charge in [-0.1, -0.05) is 0 Å². The summed E-state index contributed by atoms with van der Waals surface area (Å²) in [6.45, 7) is 1.91. The van der Waals surface area contributed by atoms with Gasteiger partial charge in [-0.3, -0.25) is 19.0 Å². The van der Waals surface area contributed by atoms with Crippen LogP contribution in [0.2, 0.25) is 0 Å². The number of thiophene rings is 1. The topological polar surface area (TPSA) is 103 Å². The van der Waals surface area contributed by atoms with Gasteiger partial charge in [0.1, 0.15) is 22.9 Å². The van der Waals surface area contributed by atoms with Crippen molar-refractivity contribution < 1.29 is 18.7 Å². The van der Waals surface area contributed by atoms with Crippen LogP contribution in [-0.4, -0.2) is 39.5 Å². The number of benzene rings is 2. The third-order valence-electron chi connectivity index (χ3n) is 6.33. The molecule has 5 rings (SSSR count). The van der Waals surface area contributed by atoms with E-state index in [1.54, 1.807) is 29.2 Å². The van der Waals surface area contributed by atoms with Crippen LogP contribution in [0.25, 0.3) is 15.9 Å². The lowest BCUT2D eigenvalue weighted by molar-refractivity contribution is -0.129. The second-order valence-corrected chi connectivity index (χ2v) is 9.72. The lowest BCUT2D eigenvalue weighted by Gasteiger charge is -2.25. The summed E-state index contributed by atoms with van der Waals surface area (Å²) in [5, 5.41) is 3.10. The van der Waals surface area contributed by atoms with Crippen molar-refractivity contribution in [1.82, 2.24) is 14.0 Å². The Labute approximate surface area is 214 Å². The Balaban J connectivity index is 1.63. The van der Waals surface area contributed by atoms with Crippen LogP contribution in [0, 0.1) is 5.82 Å². The standard InChI is InChI=1S/C26H23FN4O5S/c1-15(32)29-12-11-20-21(13-29)37-25-23(20)24(34)31(18-7-3-16(27)4-8-18)26(35)30(25)14-22(33)28-17-5-9-19(36-2)10-6-17/h3-10H,11-14H2,1-2H3,(H,28,33). The van der Waals surface area contributed by atoms with Gasteiger partial charge in [-0.25, -0.2) is 13.8 Å². The largest absolute Gasteiger partial charge is 0.497 e. The van der Waals surface area contributed by atoms with Crippen molar-refractivity contribution in [2.75, 3.05) is 19.0 Å². The zero-order chi connectivity index (χ0) is 26.3. The van der Waals surface area contributed by atoms with Crippen molar-refractivity contribution in [2.45, 2.75) is 26.4 Å². The molecule has 0 radical (unpaired) electrons. The maximum atomic E-state index is 13.6. The third-order valence-corrected chi connectivity index (χ3v) is 7.57. The van der Waals surface area contributed by atoms with E-state index in [4.69, 9.17) is 4.74 Å². The van der Waals surface area contributed by atoms with E-state index >= 15 is 0 Å². The number of nitrogens with zero attached hydrogens (tertiary/aromatic N) is 3. The van der Waals surface area contributed by atoms with E-state index in [1.165, 1.54) is 54.2 Å². The Morgan fingerprint density at radius 3 is 2.43 bits per heavy atom. The number of amides is 2. The van der Waals surface area contributed by atoms with Gasteiger partial charge in [0.2, 0.25) is 11.8 Å². The fourth-order valence-corrected chi connectivity index (χ4v) is 5.80. The summed E-state index contributed by atoms with van der Waals surface area (Å²) in [7, 11) is 1.54. The molecule has 1 aliphatic rings. The van der Waals surface area contributed by atoms with Crippen LogP contribution < -0.4 is 21.3 Å². The molecule has 0 atom stereocenters. The number of carbonyl (C=O) groups is 2. The molecule has 0 unspecified atom stereocenters. The number of rotatable bonds is 5. The number of hydrogen-bond donors (Lipinski definition) is 1. The zero-order valence-corrected chi connectivity index (χ0v) is 20.9. The molecule has 2 amide bonds. The molecule has 1 N–H and O–H groups in total. The minimum absolute atomic E-state index is 0.0805. The monoisotopic (exact) mass is 522 g/mol. The molecule has 4 aromatic rings. The average Bonchev–Trinajstić information content (AvgIpc) is 3.27. The second-order valence-electron chi connectivity index (χ2n) is 8.64. The Bertz CT molecular complexity index is 1640. The van der Waals surface area contributed by atoms with Crippen LogP contribution in [0.1, 0.15) is 17.4 Å². The molecule has 0 aliphatic carbocycles. The number of anilines is 1. The smallest absolute Gasteiger partial charge is 0.337 e. The number of fused-ring (bicyclic) bond motifs is 3. The molecule has 0 saturated carbocycles. The highest BCUT2D eigenvalue weighted by Gasteiger charge is 2.28. The SMILES string of the molecule is COc1ccc(NC(=O)Cn2c(=O)n(-c3ccc(F)cc3)c(=O)c3c4c(sc32)CN(C(C)=O)CC4)cc1. The number of ether oxygens (including phenoxy) is 1. The number of halogens is 1. The third kappa shape index (κ3) is 4.53. The summed E-state index contributed by atoms with van der Waals surface area (Å²) in [5.41, 5.74) is 0.235. The number of aromatic nitrogens is 2. The summed E-state index contributed by atoms with van der Waals surface area (Å²) in [6.07, 6.45) is 0.448. The molecule has 0 saturated heterocycles. The molecule has 2 aromatic heterocycles. The Morgan fingerprint density at radius 1 is 1.08 bits per heavy atom. The second kappa shape index (κ2) is 9.66. The number of nitrogens with one attached hydrogen (secondary N) is 1. The fraction of sp³-hybridized carbons (Fsp3) is 0.231. The summed E-state index contributed by atoms with van der Waals surface area (Å²) in [5.74, 6) is -0.418. The molecule has 0 spiro atoms. The van der Waals surface area contributed by atoms with E-state index in [9.17, 15) is 23.6 Å². The van der Waals surface area contributed by atoms with Crippen molar-refractivity contribution in [2.24, 2.45) is 0 Å². The zero-order valence-electron chi connectivity index (χ0n) is 20.1. The molecule has 0 fully saturated rings. The summed E-state index contributed by atoms with van der Waals surface area (Å²) >= 11 is 1.23. The van der Waals surface area contributed by atoms with Crippen LogP contribution in [0.15, 0.2) is 58.1 Å². The van der Waals surface area contributed by atoms with Gasteiger partial charge in [0.05, 0.1) is 24.7 Å². The van der Waals surface area contributed by atoms with Crippen LogP contribution in [0.3, 0.4) is 0 Å². The minimum atomic E-state index is -0.712. The first-order valence-electron chi connectivity index (χ1n) is 11.5. The number of carbonyl (C=O) groups excluding carboxylic acids is 2. The summed E-state index contributed by atoms with van der Waals surface area (Å²) in [6, 6.07) is 11.8. The molecule has 1 aliphatic heterocycles. The van der Waals surface area contributed by atoms with Gasteiger partial charge in [0, 0.05) is 24.0 Å². The van der Waals surface area contributed by atoms with Crippen molar-refractivity contribution in [3.63, 3.8) is 0 Å². The molecule has 190 valence electrons. The van der Waals surface area contributed by atoms with E-state index in [2.05, 4.69) is 5.32 Å². The Kier molecular flexibility index (Phi) is 6.38. The predicted octanol–water partition coefficient (Wildman–Crippen LogP) is 2.90. The van der Waals surface area contributed by atoms with Gasteiger partial charge in [0.15, 0.2) is 0 Å². The lowest BCUT2D eigenvalue weighted by atomic mass is 10.1. The van der Waals surface area contributed by atoms with Gasteiger partial charge in [-0.05, 0) is 60.5 Å².